The zero-order valence-electron chi connectivity index (χ0n) is 25.4. The fourth-order valence-corrected chi connectivity index (χ4v) is 5.71. The number of hydrogen-bond acceptors (Lipinski definition) is 10. The Labute approximate surface area is 251 Å². The highest BCUT2D eigenvalue weighted by atomic mass is 16.5. The number of carbonyl (C=O) groups is 1. The third-order valence-electron chi connectivity index (χ3n) is 8.53. The molecule has 2 fully saturated rings. The quantitative estimate of drug-likeness (QED) is 0.275. The van der Waals surface area contributed by atoms with Crippen LogP contribution in [-0.2, 0) is 5.41 Å². The van der Waals surface area contributed by atoms with Gasteiger partial charge in [0, 0.05) is 43.2 Å². The van der Waals surface area contributed by atoms with Crippen LogP contribution in [0, 0.1) is 12.3 Å². The Morgan fingerprint density at radius 2 is 1.84 bits per heavy atom. The van der Waals surface area contributed by atoms with Crippen LogP contribution < -0.4 is 20.9 Å². The molecule has 0 radical (unpaired) electrons. The molecular weight excluding hydrogens is 542 g/mol. The van der Waals surface area contributed by atoms with E-state index in [1.807, 2.05) is 65.1 Å². The van der Waals surface area contributed by atoms with E-state index < -0.39 is 5.91 Å². The summed E-state index contributed by atoms with van der Waals surface area (Å²) < 4.78 is 5.20. The van der Waals surface area contributed by atoms with E-state index in [9.17, 15) is 4.79 Å². The Bertz CT molecular complexity index is 1600. The van der Waals surface area contributed by atoms with Crippen molar-refractivity contribution in [3.8, 4) is 11.3 Å². The maximum atomic E-state index is 12.8. The topological polar surface area (TPSA) is 134 Å². The molecule has 5 heterocycles. The Morgan fingerprint density at radius 1 is 1.05 bits per heavy atom. The normalized spacial score (nSPS) is 16.9. The third-order valence-corrected chi connectivity index (χ3v) is 8.53. The van der Waals surface area contributed by atoms with Gasteiger partial charge in [0.15, 0.2) is 5.82 Å². The number of hydrogen-bond donors (Lipinski definition) is 3. The van der Waals surface area contributed by atoms with Crippen molar-refractivity contribution in [3.05, 3.63) is 71.8 Å². The Kier molecular flexibility index (Phi) is 7.59. The smallest absolute Gasteiger partial charge is 0.315 e. The molecule has 11 nitrogen and oxygen atoms in total. The molecule has 2 saturated heterocycles. The first-order valence-electron chi connectivity index (χ1n) is 14.9. The van der Waals surface area contributed by atoms with E-state index in [1.54, 1.807) is 6.33 Å². The Morgan fingerprint density at radius 3 is 2.47 bits per heavy atom. The van der Waals surface area contributed by atoms with Gasteiger partial charge in [-0.05, 0) is 61.4 Å². The van der Waals surface area contributed by atoms with E-state index in [0.717, 1.165) is 60.1 Å². The van der Waals surface area contributed by atoms with Gasteiger partial charge in [0.2, 0.25) is 0 Å². The second-order valence-electron chi connectivity index (χ2n) is 12.8. The standard InChI is InChI=1S/C32H39N9O2/c1-20-14-22(6-8-24(20)21(2)37-28(42)29-39-30(40-43-29)31(3,4)5)25-15-27(36-19-35-25)38-26-9-7-23(16-34-26)41-12-10-32(11-13-41)17-33-18-32/h6-9,14-16,19,21,33H,10-13,17-18H2,1-5H3,(H,37,42)(H,34,35,36,38)/t21-/m1/s1. The van der Waals surface area contributed by atoms with Crippen molar-refractivity contribution < 1.29 is 9.32 Å². The molecule has 2 aliphatic heterocycles. The first-order valence-corrected chi connectivity index (χ1v) is 14.9. The van der Waals surface area contributed by atoms with Crippen LogP contribution in [-0.4, -0.2) is 57.2 Å². The molecule has 1 aromatic carbocycles. The number of piperidine rings is 1. The van der Waals surface area contributed by atoms with E-state index in [4.69, 9.17) is 4.52 Å². The number of pyridine rings is 1. The highest BCUT2D eigenvalue weighted by Crippen LogP contribution is 2.36. The summed E-state index contributed by atoms with van der Waals surface area (Å²) in [6.45, 7) is 14.3. The number of nitrogens with one attached hydrogen (secondary N) is 3. The van der Waals surface area contributed by atoms with Crippen LogP contribution in [0.15, 0.2) is 53.4 Å². The minimum absolute atomic E-state index is 0.0395. The average Bonchev–Trinajstić information content (AvgIpc) is 3.49. The summed E-state index contributed by atoms with van der Waals surface area (Å²) in [5, 5.41) is 13.6. The average molecular weight is 582 g/mol. The summed E-state index contributed by atoms with van der Waals surface area (Å²) in [5.74, 6) is 1.45. The van der Waals surface area contributed by atoms with Crippen LogP contribution in [0.1, 0.15) is 74.2 Å². The van der Waals surface area contributed by atoms with Crippen molar-refractivity contribution in [2.45, 2.75) is 58.9 Å². The molecule has 6 rings (SSSR count). The van der Waals surface area contributed by atoms with Gasteiger partial charge in [0.1, 0.15) is 18.0 Å². The van der Waals surface area contributed by atoms with Crippen molar-refractivity contribution in [2.24, 2.45) is 5.41 Å². The predicted molar refractivity (Wildman–Crippen MR) is 165 cm³/mol. The number of rotatable bonds is 7. The van der Waals surface area contributed by atoms with E-state index in [-0.39, 0.29) is 17.3 Å². The van der Waals surface area contributed by atoms with Gasteiger partial charge in [-0.3, -0.25) is 4.79 Å². The zero-order chi connectivity index (χ0) is 30.2. The fourth-order valence-electron chi connectivity index (χ4n) is 5.71. The molecule has 1 amide bonds. The Hall–Kier alpha value is -4.38. The molecule has 43 heavy (non-hydrogen) atoms. The lowest BCUT2D eigenvalue weighted by atomic mass is 9.73. The fraction of sp³-hybridized carbons (Fsp3) is 0.438. The number of nitrogens with zero attached hydrogens (tertiary/aromatic N) is 6. The van der Waals surface area contributed by atoms with Crippen LogP contribution in [0.25, 0.3) is 11.3 Å². The van der Waals surface area contributed by atoms with E-state index >= 15 is 0 Å². The molecule has 0 aliphatic carbocycles. The molecule has 0 unspecified atom stereocenters. The van der Waals surface area contributed by atoms with E-state index in [2.05, 4.69) is 58.1 Å². The van der Waals surface area contributed by atoms with Crippen LogP contribution in [0.4, 0.5) is 17.3 Å². The van der Waals surface area contributed by atoms with Crippen LogP contribution in [0.5, 0.6) is 0 Å². The number of aryl methyl sites for hydroxylation is 1. The van der Waals surface area contributed by atoms with E-state index in [1.165, 1.54) is 12.8 Å². The minimum atomic E-state index is -0.400. The van der Waals surface area contributed by atoms with Crippen LogP contribution >= 0.6 is 0 Å². The highest BCUT2D eigenvalue weighted by Gasteiger charge is 2.39. The van der Waals surface area contributed by atoms with Gasteiger partial charge in [-0.1, -0.05) is 38.1 Å². The molecule has 0 saturated carbocycles. The lowest BCUT2D eigenvalue weighted by molar-refractivity contribution is 0.0895. The molecule has 11 heteroatoms. The molecular formula is C32H39N9O2. The largest absolute Gasteiger partial charge is 0.370 e. The second-order valence-corrected chi connectivity index (χ2v) is 12.8. The highest BCUT2D eigenvalue weighted by molar-refractivity contribution is 5.89. The van der Waals surface area contributed by atoms with Crippen molar-refractivity contribution in [3.63, 3.8) is 0 Å². The lowest BCUT2D eigenvalue weighted by Crippen LogP contribution is -2.58. The van der Waals surface area contributed by atoms with Gasteiger partial charge in [-0.2, -0.15) is 4.98 Å². The molecule has 3 N–H and O–H groups in total. The van der Waals surface area contributed by atoms with Crippen LogP contribution in [0.2, 0.25) is 0 Å². The van der Waals surface area contributed by atoms with Gasteiger partial charge in [0.25, 0.3) is 0 Å². The molecule has 2 aliphatic rings. The summed E-state index contributed by atoms with van der Waals surface area (Å²) in [7, 11) is 0. The summed E-state index contributed by atoms with van der Waals surface area (Å²) in [6.07, 6.45) is 5.95. The van der Waals surface area contributed by atoms with E-state index in [0.29, 0.717) is 17.1 Å². The first kappa shape index (κ1) is 28.7. The predicted octanol–water partition coefficient (Wildman–Crippen LogP) is 4.95. The first-order chi connectivity index (χ1) is 20.6. The third kappa shape index (κ3) is 6.22. The van der Waals surface area contributed by atoms with Gasteiger partial charge in [-0.25, -0.2) is 15.0 Å². The van der Waals surface area contributed by atoms with Gasteiger partial charge < -0.3 is 25.4 Å². The summed E-state index contributed by atoms with van der Waals surface area (Å²) >= 11 is 0. The van der Waals surface area contributed by atoms with Gasteiger partial charge in [-0.15, -0.1) is 0 Å². The monoisotopic (exact) mass is 581 g/mol. The maximum absolute atomic E-state index is 12.8. The molecule has 4 aromatic rings. The van der Waals surface area contributed by atoms with Crippen molar-refractivity contribution in [2.75, 3.05) is 36.4 Å². The summed E-state index contributed by atoms with van der Waals surface area (Å²) in [5.41, 5.74) is 5.12. The number of benzene rings is 1. The minimum Gasteiger partial charge on any atom is -0.370 e. The molecule has 1 atom stereocenters. The Balaban J connectivity index is 1.08. The number of anilines is 3. The number of amides is 1. The zero-order valence-corrected chi connectivity index (χ0v) is 25.4. The van der Waals surface area contributed by atoms with Gasteiger partial charge in [0.05, 0.1) is 23.6 Å². The second kappa shape index (κ2) is 11.4. The lowest BCUT2D eigenvalue weighted by Gasteiger charge is -2.48. The van der Waals surface area contributed by atoms with Crippen molar-refractivity contribution in [1.29, 1.82) is 0 Å². The molecule has 0 bridgehead atoms. The molecule has 224 valence electrons. The molecule has 1 spiro atoms. The SMILES string of the molecule is Cc1cc(-c2cc(Nc3ccc(N4CCC5(CC4)CNC5)cn3)ncn2)ccc1[C@@H](C)NC(=O)c1nc(C(C)(C)C)no1. The summed E-state index contributed by atoms with van der Waals surface area (Å²) in [4.78, 5) is 33.0. The maximum Gasteiger partial charge on any atom is 0.315 e. The number of carbonyl (C=O) groups excluding carboxylic acids is 1. The van der Waals surface area contributed by atoms with Crippen molar-refractivity contribution in [1.82, 2.24) is 35.7 Å². The molecule has 3 aromatic heterocycles. The summed E-state index contributed by atoms with van der Waals surface area (Å²) in [6, 6.07) is 11.8. The number of aromatic nitrogens is 5. The van der Waals surface area contributed by atoms with Gasteiger partial charge >= 0.3 is 11.8 Å². The van der Waals surface area contributed by atoms with Crippen LogP contribution in [0.3, 0.4) is 0 Å². The van der Waals surface area contributed by atoms with Crippen molar-refractivity contribution >= 4 is 23.2 Å².